The van der Waals surface area contributed by atoms with Gasteiger partial charge < -0.3 is 10.6 Å². The summed E-state index contributed by atoms with van der Waals surface area (Å²) in [6.45, 7) is 1.82. The van der Waals surface area contributed by atoms with Crippen molar-refractivity contribution in [2.45, 2.75) is 68.5 Å². The second kappa shape index (κ2) is 9.70. The lowest BCUT2D eigenvalue weighted by molar-refractivity contribution is -0.136. The number of fused-ring (bicyclic) bond motifs is 2. The number of carbonyl (C=O) groups is 1. The Kier molecular flexibility index (Phi) is 7.05. The highest BCUT2D eigenvalue weighted by Crippen LogP contribution is 2.40. The van der Waals surface area contributed by atoms with Gasteiger partial charge in [0, 0.05) is 30.6 Å². The molecule has 2 fully saturated rings. The van der Waals surface area contributed by atoms with E-state index in [0.29, 0.717) is 18.9 Å². The molecule has 0 radical (unpaired) electrons. The zero-order valence-electron chi connectivity index (χ0n) is 19.0. The van der Waals surface area contributed by atoms with Crippen LogP contribution in [0.15, 0.2) is 41.3 Å². The number of aryl methyl sites for hydroxylation is 1. The maximum absolute atomic E-state index is 14.1. The van der Waals surface area contributed by atoms with Crippen LogP contribution in [-0.4, -0.2) is 43.1 Å². The van der Waals surface area contributed by atoms with Gasteiger partial charge in [-0.15, -0.1) is 0 Å². The highest BCUT2D eigenvalue weighted by atomic mass is 32.2. The summed E-state index contributed by atoms with van der Waals surface area (Å²) in [5, 5.41) is 0. The molecule has 4 rings (SSSR count). The molecule has 34 heavy (non-hydrogen) atoms. The van der Waals surface area contributed by atoms with E-state index in [2.05, 4.69) is 0 Å². The van der Waals surface area contributed by atoms with Gasteiger partial charge in [-0.05, 0) is 74.3 Å². The van der Waals surface area contributed by atoms with Gasteiger partial charge in [0.2, 0.25) is 5.91 Å². The summed E-state index contributed by atoms with van der Waals surface area (Å²) in [7, 11) is -3.56. The minimum atomic E-state index is -3.56. The zero-order valence-corrected chi connectivity index (χ0v) is 19.8. The first kappa shape index (κ1) is 24.7. The maximum atomic E-state index is 14.1. The molecular formula is C25H29F3N2O3S. The molecule has 2 aliphatic heterocycles. The predicted octanol–water partition coefficient (Wildman–Crippen LogP) is 3.92. The Morgan fingerprint density at radius 3 is 2.35 bits per heavy atom. The molecule has 3 atom stereocenters. The summed E-state index contributed by atoms with van der Waals surface area (Å²) >= 11 is 0. The molecule has 2 saturated heterocycles. The summed E-state index contributed by atoms with van der Waals surface area (Å²) in [6, 6.07) is 7.49. The van der Waals surface area contributed by atoms with Gasteiger partial charge in [0.05, 0.1) is 10.6 Å². The van der Waals surface area contributed by atoms with Crippen LogP contribution in [-0.2, 0) is 21.1 Å². The number of carbonyl (C=O) groups excluding carboxylic acids is 1. The van der Waals surface area contributed by atoms with Gasteiger partial charge in [-0.2, -0.15) is 0 Å². The van der Waals surface area contributed by atoms with Crippen molar-refractivity contribution in [1.29, 1.82) is 0 Å². The fourth-order valence-corrected chi connectivity index (χ4v) is 6.72. The number of halogens is 3. The first-order chi connectivity index (χ1) is 16.0. The van der Waals surface area contributed by atoms with E-state index < -0.39 is 33.3 Å². The number of nitrogens with zero attached hydrogens (tertiary/aromatic N) is 1. The Labute approximate surface area is 198 Å². The largest absolute Gasteiger partial charge is 0.337 e. The quantitative estimate of drug-likeness (QED) is 0.592. The second-order valence-corrected chi connectivity index (χ2v) is 11.6. The molecule has 2 bridgehead atoms. The molecule has 2 heterocycles. The molecule has 1 amide bonds. The van der Waals surface area contributed by atoms with E-state index in [4.69, 9.17) is 5.73 Å². The van der Waals surface area contributed by atoms with E-state index in [1.165, 1.54) is 0 Å². The van der Waals surface area contributed by atoms with Crippen molar-refractivity contribution in [1.82, 2.24) is 4.90 Å². The van der Waals surface area contributed by atoms with E-state index in [9.17, 15) is 26.4 Å². The Morgan fingerprint density at radius 2 is 1.71 bits per heavy atom. The topological polar surface area (TPSA) is 80.5 Å². The minimum absolute atomic E-state index is 0.00471. The zero-order chi connectivity index (χ0) is 24.6. The van der Waals surface area contributed by atoms with Crippen molar-refractivity contribution in [3.63, 3.8) is 0 Å². The fourth-order valence-electron chi connectivity index (χ4n) is 5.39. The van der Waals surface area contributed by atoms with E-state index >= 15 is 0 Å². The molecule has 9 heteroatoms. The van der Waals surface area contributed by atoms with Crippen LogP contribution >= 0.6 is 0 Å². The normalized spacial score (nSPS) is 23.2. The number of amides is 1. The number of benzene rings is 2. The van der Waals surface area contributed by atoms with Crippen molar-refractivity contribution in [2.24, 2.45) is 11.7 Å². The predicted molar refractivity (Wildman–Crippen MR) is 122 cm³/mol. The average Bonchev–Trinajstić information content (AvgIpc) is 3.05. The number of hydrogen-bond acceptors (Lipinski definition) is 4. The van der Waals surface area contributed by atoms with Crippen LogP contribution in [0, 0.1) is 30.3 Å². The van der Waals surface area contributed by atoms with Crippen molar-refractivity contribution in [3.05, 3.63) is 65.0 Å². The van der Waals surface area contributed by atoms with Crippen molar-refractivity contribution in [2.75, 3.05) is 5.75 Å². The van der Waals surface area contributed by atoms with Gasteiger partial charge >= 0.3 is 0 Å². The molecule has 0 spiro atoms. The maximum Gasteiger partial charge on any atom is 0.224 e. The lowest BCUT2D eigenvalue weighted by atomic mass is 9.82. The van der Waals surface area contributed by atoms with Crippen LogP contribution in [0.2, 0.25) is 0 Å². The number of hydrogen-bond donors (Lipinski definition) is 1. The van der Waals surface area contributed by atoms with Crippen LogP contribution in [0.25, 0.3) is 0 Å². The minimum Gasteiger partial charge on any atom is -0.337 e. The van der Waals surface area contributed by atoms with Gasteiger partial charge in [0.1, 0.15) is 5.82 Å². The lowest BCUT2D eigenvalue weighted by Crippen LogP contribution is -2.50. The third kappa shape index (κ3) is 5.15. The van der Waals surface area contributed by atoms with E-state index in [1.54, 1.807) is 18.2 Å². The first-order valence-electron chi connectivity index (χ1n) is 11.5. The van der Waals surface area contributed by atoms with Crippen LogP contribution < -0.4 is 5.73 Å². The Bertz CT molecular complexity index is 1170. The molecule has 2 aromatic rings. The smallest absolute Gasteiger partial charge is 0.224 e. The van der Waals surface area contributed by atoms with Gasteiger partial charge in [0.15, 0.2) is 21.5 Å². The lowest BCUT2D eigenvalue weighted by Gasteiger charge is -2.41. The third-order valence-electron chi connectivity index (χ3n) is 7.14. The fraction of sp³-hybridized carbons (Fsp3) is 0.480. The standard InChI is InChI=1S/C25H29F3N2O3S/c1-15-3-2-4-20(9-15)34(32,33)8-7-25(31)30-18-5-6-19(30)11-17(10-18)24(29)13-16-12-22(27)23(28)14-21(16)26/h2-4,9,12,14,17-19,24H,5-8,10-11,13,29H2,1H3. The van der Waals surface area contributed by atoms with Gasteiger partial charge in [-0.3, -0.25) is 4.79 Å². The van der Waals surface area contributed by atoms with Crippen molar-refractivity contribution >= 4 is 15.7 Å². The number of sulfone groups is 1. The van der Waals surface area contributed by atoms with Crippen LogP contribution in [0.5, 0.6) is 0 Å². The Hall–Kier alpha value is -2.39. The average molecular weight is 495 g/mol. The summed E-state index contributed by atoms with van der Waals surface area (Å²) in [5.41, 5.74) is 7.22. The number of nitrogens with two attached hydrogens (primary N) is 1. The highest BCUT2D eigenvalue weighted by molar-refractivity contribution is 7.91. The van der Waals surface area contributed by atoms with Gasteiger partial charge in [-0.1, -0.05) is 12.1 Å². The third-order valence-corrected chi connectivity index (χ3v) is 8.86. The van der Waals surface area contributed by atoms with E-state index in [-0.39, 0.29) is 53.0 Å². The van der Waals surface area contributed by atoms with Crippen molar-refractivity contribution in [3.8, 4) is 0 Å². The van der Waals surface area contributed by atoms with Crippen LogP contribution in [0.4, 0.5) is 13.2 Å². The molecule has 2 aromatic carbocycles. The summed E-state index contributed by atoms with van der Waals surface area (Å²) in [5.74, 6) is -3.58. The number of rotatable bonds is 7. The SMILES string of the molecule is Cc1cccc(S(=O)(=O)CCC(=O)N2C3CCC2CC(C(N)Cc2cc(F)c(F)cc2F)C3)c1. The van der Waals surface area contributed by atoms with Crippen LogP contribution in [0.3, 0.4) is 0 Å². The van der Waals surface area contributed by atoms with Crippen molar-refractivity contribution < 1.29 is 26.4 Å². The molecule has 0 saturated carbocycles. The van der Waals surface area contributed by atoms with E-state index in [1.807, 2.05) is 17.9 Å². The molecule has 5 nitrogen and oxygen atoms in total. The monoisotopic (exact) mass is 494 g/mol. The summed E-state index contributed by atoms with van der Waals surface area (Å²) < 4.78 is 66.1. The highest BCUT2D eigenvalue weighted by Gasteiger charge is 2.44. The summed E-state index contributed by atoms with van der Waals surface area (Å²) in [6.07, 6.45) is 2.86. The second-order valence-electron chi connectivity index (χ2n) is 9.53. The van der Waals surface area contributed by atoms with E-state index in [0.717, 1.165) is 24.5 Å². The van der Waals surface area contributed by atoms with Gasteiger partial charge in [0.25, 0.3) is 0 Å². The Balaban J connectivity index is 1.37. The Morgan fingerprint density at radius 1 is 1.06 bits per heavy atom. The molecule has 2 aliphatic rings. The van der Waals surface area contributed by atoms with Gasteiger partial charge in [-0.25, -0.2) is 21.6 Å². The molecule has 0 aromatic heterocycles. The van der Waals surface area contributed by atoms with Crippen LogP contribution in [0.1, 0.15) is 43.2 Å². The molecular weight excluding hydrogens is 465 g/mol. The number of piperidine rings is 1. The molecule has 0 aliphatic carbocycles. The molecule has 184 valence electrons. The molecule has 2 N–H and O–H groups in total. The molecule has 3 unspecified atom stereocenters. The summed E-state index contributed by atoms with van der Waals surface area (Å²) in [4.78, 5) is 15.0. The first-order valence-corrected chi connectivity index (χ1v) is 13.2.